The maximum Gasteiger partial charge on any atom is 0.226 e. The molecule has 4 nitrogen and oxygen atoms in total. The third-order valence-electron chi connectivity index (χ3n) is 3.46. The Labute approximate surface area is 127 Å². The van der Waals surface area contributed by atoms with E-state index in [1.807, 2.05) is 52.2 Å². The Balaban J connectivity index is 0.00000361. The van der Waals surface area contributed by atoms with Crippen LogP contribution in [-0.4, -0.2) is 38.6 Å². The number of nitrogens with one attached hydrogen (secondary N) is 1. The number of carbonyl (C=O) groups excluding carboxylic acids is 1. The molecule has 0 heterocycles. The normalized spacial score (nSPS) is 13.1. The first-order valence-corrected chi connectivity index (χ1v) is 6.56. The maximum absolute atomic E-state index is 12.2. The molecular weight excluding hydrogens is 276 g/mol. The molecule has 0 aromatic heterocycles. The fourth-order valence-electron chi connectivity index (χ4n) is 2.04. The van der Waals surface area contributed by atoms with Crippen LogP contribution in [0, 0.1) is 5.92 Å². The number of methoxy groups -OCH3 is 1. The Morgan fingerprint density at radius 1 is 1.30 bits per heavy atom. The fourth-order valence-corrected chi connectivity index (χ4v) is 2.04. The van der Waals surface area contributed by atoms with Crippen LogP contribution in [0.5, 0.6) is 5.75 Å². The molecule has 114 valence electrons. The van der Waals surface area contributed by atoms with Gasteiger partial charge in [-0.1, -0.05) is 19.1 Å². The molecule has 1 aromatic carbocycles. The standard InChI is InChI=1S/C15H24N2O2.ClH/c1-11(10-16-3)15(18)17(4)12(2)13-6-8-14(19-5)9-7-13;/h6-9,11-12,16H,10H2,1-5H3;1H. The van der Waals surface area contributed by atoms with Gasteiger partial charge in [-0.25, -0.2) is 0 Å². The molecule has 0 spiro atoms. The summed E-state index contributed by atoms with van der Waals surface area (Å²) in [6.07, 6.45) is 0. The van der Waals surface area contributed by atoms with Crippen molar-refractivity contribution in [3.63, 3.8) is 0 Å². The second-order valence-corrected chi connectivity index (χ2v) is 4.86. The highest BCUT2D eigenvalue weighted by Gasteiger charge is 2.21. The molecule has 1 amide bonds. The number of amides is 1. The zero-order valence-electron chi connectivity index (χ0n) is 12.8. The molecule has 0 aliphatic rings. The number of hydrogen-bond donors (Lipinski definition) is 1. The van der Waals surface area contributed by atoms with E-state index in [-0.39, 0.29) is 30.3 Å². The van der Waals surface area contributed by atoms with Crippen LogP contribution in [0.4, 0.5) is 0 Å². The zero-order valence-corrected chi connectivity index (χ0v) is 13.7. The predicted molar refractivity (Wildman–Crippen MR) is 84.5 cm³/mol. The van der Waals surface area contributed by atoms with E-state index in [1.165, 1.54) is 0 Å². The molecule has 1 N–H and O–H groups in total. The van der Waals surface area contributed by atoms with Crippen molar-refractivity contribution in [1.29, 1.82) is 0 Å². The van der Waals surface area contributed by atoms with Crippen molar-refractivity contribution in [1.82, 2.24) is 10.2 Å². The van der Waals surface area contributed by atoms with Gasteiger partial charge in [0.25, 0.3) is 0 Å². The summed E-state index contributed by atoms with van der Waals surface area (Å²) >= 11 is 0. The molecule has 1 aromatic rings. The van der Waals surface area contributed by atoms with Gasteiger partial charge in [-0.05, 0) is 31.7 Å². The monoisotopic (exact) mass is 300 g/mol. The molecular formula is C15H25ClN2O2. The molecule has 0 aliphatic carbocycles. The van der Waals surface area contributed by atoms with E-state index in [0.29, 0.717) is 6.54 Å². The van der Waals surface area contributed by atoms with Crippen molar-refractivity contribution in [2.45, 2.75) is 19.9 Å². The van der Waals surface area contributed by atoms with Gasteiger partial charge in [-0.2, -0.15) is 0 Å². The number of nitrogens with zero attached hydrogens (tertiary/aromatic N) is 1. The molecule has 2 unspecified atom stereocenters. The van der Waals surface area contributed by atoms with Crippen molar-refractivity contribution in [3.8, 4) is 5.75 Å². The summed E-state index contributed by atoms with van der Waals surface area (Å²) in [6.45, 7) is 4.67. The average molecular weight is 301 g/mol. The van der Waals surface area contributed by atoms with Crippen LogP contribution in [-0.2, 0) is 4.79 Å². The van der Waals surface area contributed by atoms with Gasteiger partial charge in [-0.15, -0.1) is 12.4 Å². The van der Waals surface area contributed by atoms with Gasteiger partial charge in [-0.3, -0.25) is 4.79 Å². The summed E-state index contributed by atoms with van der Waals surface area (Å²) in [5.41, 5.74) is 1.10. The minimum Gasteiger partial charge on any atom is -0.497 e. The first-order chi connectivity index (χ1) is 9.01. The van der Waals surface area contributed by atoms with Gasteiger partial charge in [0.2, 0.25) is 5.91 Å². The number of halogens is 1. The molecule has 0 saturated heterocycles. The molecule has 2 atom stereocenters. The van der Waals surface area contributed by atoms with Gasteiger partial charge in [0, 0.05) is 19.5 Å². The van der Waals surface area contributed by atoms with Crippen LogP contribution in [0.15, 0.2) is 24.3 Å². The topological polar surface area (TPSA) is 41.6 Å². The van der Waals surface area contributed by atoms with Crippen LogP contribution in [0.25, 0.3) is 0 Å². The SMILES string of the molecule is CNCC(C)C(=O)N(C)C(C)c1ccc(OC)cc1.Cl. The van der Waals surface area contributed by atoms with E-state index in [0.717, 1.165) is 11.3 Å². The van der Waals surface area contributed by atoms with Gasteiger partial charge < -0.3 is 15.0 Å². The summed E-state index contributed by atoms with van der Waals surface area (Å²) in [5, 5.41) is 3.03. The van der Waals surface area contributed by atoms with E-state index in [9.17, 15) is 4.79 Å². The predicted octanol–water partition coefficient (Wildman–Crippen LogP) is 2.49. The quantitative estimate of drug-likeness (QED) is 0.877. The first kappa shape index (κ1) is 18.7. The second-order valence-electron chi connectivity index (χ2n) is 4.86. The molecule has 1 rings (SSSR count). The third-order valence-corrected chi connectivity index (χ3v) is 3.46. The number of rotatable bonds is 6. The second kappa shape index (κ2) is 8.82. The summed E-state index contributed by atoms with van der Waals surface area (Å²) in [7, 11) is 5.35. The molecule has 0 fully saturated rings. The first-order valence-electron chi connectivity index (χ1n) is 6.56. The lowest BCUT2D eigenvalue weighted by Crippen LogP contribution is -2.37. The Bertz CT molecular complexity index is 409. The van der Waals surface area contributed by atoms with Gasteiger partial charge in [0.1, 0.15) is 5.75 Å². The lowest BCUT2D eigenvalue weighted by molar-refractivity contribution is -0.135. The lowest BCUT2D eigenvalue weighted by atomic mass is 10.0. The molecule has 0 aliphatic heterocycles. The Morgan fingerprint density at radius 3 is 2.30 bits per heavy atom. The van der Waals surface area contributed by atoms with Crippen LogP contribution < -0.4 is 10.1 Å². The number of carbonyl (C=O) groups is 1. The largest absolute Gasteiger partial charge is 0.497 e. The molecule has 0 saturated carbocycles. The third kappa shape index (κ3) is 4.69. The van der Waals surface area contributed by atoms with E-state index >= 15 is 0 Å². The smallest absolute Gasteiger partial charge is 0.226 e. The highest BCUT2D eigenvalue weighted by Crippen LogP contribution is 2.22. The Morgan fingerprint density at radius 2 is 1.85 bits per heavy atom. The fraction of sp³-hybridized carbons (Fsp3) is 0.533. The molecule has 0 bridgehead atoms. The van der Waals surface area contributed by atoms with Crippen molar-refractivity contribution in [3.05, 3.63) is 29.8 Å². The van der Waals surface area contributed by atoms with Crippen LogP contribution in [0.2, 0.25) is 0 Å². The average Bonchev–Trinajstić information content (AvgIpc) is 2.45. The van der Waals surface area contributed by atoms with Crippen LogP contribution >= 0.6 is 12.4 Å². The summed E-state index contributed by atoms with van der Waals surface area (Å²) in [6, 6.07) is 7.88. The van der Waals surface area contributed by atoms with Crippen molar-refractivity contribution >= 4 is 18.3 Å². The summed E-state index contributed by atoms with van der Waals surface area (Å²) < 4.78 is 5.14. The van der Waals surface area contributed by atoms with E-state index in [1.54, 1.807) is 12.0 Å². The van der Waals surface area contributed by atoms with Crippen LogP contribution in [0.3, 0.4) is 0 Å². The summed E-state index contributed by atoms with van der Waals surface area (Å²) in [5.74, 6) is 0.960. The highest BCUT2D eigenvalue weighted by molar-refractivity contribution is 5.85. The van der Waals surface area contributed by atoms with Crippen molar-refractivity contribution < 1.29 is 9.53 Å². The van der Waals surface area contributed by atoms with Crippen molar-refractivity contribution in [2.24, 2.45) is 5.92 Å². The number of ether oxygens (including phenoxy) is 1. The maximum atomic E-state index is 12.2. The summed E-state index contributed by atoms with van der Waals surface area (Å²) in [4.78, 5) is 14.0. The van der Waals surface area contributed by atoms with Gasteiger partial charge >= 0.3 is 0 Å². The lowest BCUT2D eigenvalue weighted by Gasteiger charge is -2.28. The number of benzene rings is 1. The van der Waals surface area contributed by atoms with E-state index in [4.69, 9.17) is 4.74 Å². The Kier molecular flexibility index (Phi) is 8.26. The molecule has 20 heavy (non-hydrogen) atoms. The molecule has 0 radical (unpaired) electrons. The Hall–Kier alpha value is -1.26. The zero-order chi connectivity index (χ0) is 14.4. The van der Waals surface area contributed by atoms with E-state index in [2.05, 4.69) is 5.32 Å². The number of hydrogen-bond acceptors (Lipinski definition) is 3. The van der Waals surface area contributed by atoms with Gasteiger partial charge in [0.05, 0.1) is 13.2 Å². The molecule has 5 heteroatoms. The minimum absolute atomic E-state index is 0. The van der Waals surface area contributed by atoms with Gasteiger partial charge in [0.15, 0.2) is 0 Å². The minimum atomic E-state index is -0.0179. The highest BCUT2D eigenvalue weighted by atomic mass is 35.5. The van der Waals surface area contributed by atoms with Crippen LogP contribution in [0.1, 0.15) is 25.5 Å². The van der Waals surface area contributed by atoms with E-state index < -0.39 is 0 Å². The van der Waals surface area contributed by atoms with Crippen molar-refractivity contribution in [2.75, 3.05) is 27.7 Å².